The van der Waals surface area contributed by atoms with Crippen molar-refractivity contribution in [3.05, 3.63) is 59.7 Å². The van der Waals surface area contributed by atoms with Gasteiger partial charge in [-0.25, -0.2) is 0 Å². The predicted molar refractivity (Wildman–Crippen MR) is 117 cm³/mol. The van der Waals surface area contributed by atoms with E-state index in [0.29, 0.717) is 5.92 Å². The molecule has 0 spiro atoms. The Morgan fingerprint density at radius 2 is 1.50 bits per heavy atom. The summed E-state index contributed by atoms with van der Waals surface area (Å²) in [6.45, 7) is 0.472. The summed E-state index contributed by atoms with van der Waals surface area (Å²) in [5.74, 6) is 8.33. The Labute approximate surface area is 179 Å². The zero-order valence-electron chi connectivity index (χ0n) is 18.1. The van der Waals surface area contributed by atoms with Gasteiger partial charge in [0.25, 0.3) is 0 Å². The first-order valence-electron chi connectivity index (χ1n) is 10.6. The second-order valence-corrected chi connectivity index (χ2v) is 7.94. The summed E-state index contributed by atoms with van der Waals surface area (Å²) in [6, 6.07) is 16.3. The lowest BCUT2D eigenvalue weighted by Crippen LogP contribution is -2.58. The first kappa shape index (κ1) is 22.6. The highest BCUT2D eigenvalue weighted by molar-refractivity contribution is 5.37. The molecule has 0 aliphatic heterocycles. The molecule has 0 radical (unpaired) electrons. The van der Waals surface area contributed by atoms with Crippen LogP contribution in [0, 0.1) is 5.92 Å². The van der Waals surface area contributed by atoms with E-state index in [1.54, 1.807) is 14.2 Å². The Hall–Kier alpha value is -2.12. The summed E-state index contributed by atoms with van der Waals surface area (Å²) < 4.78 is 21.8. The molecule has 1 fully saturated rings. The molecular weight excluding hydrogens is 380 g/mol. The Morgan fingerprint density at radius 3 is 2.13 bits per heavy atom. The van der Waals surface area contributed by atoms with Crippen molar-refractivity contribution in [2.24, 2.45) is 11.8 Å². The van der Waals surface area contributed by atoms with E-state index in [9.17, 15) is 0 Å². The number of hydrazine groups is 1. The molecule has 0 saturated heterocycles. The molecular formula is C24H34N2O4. The van der Waals surface area contributed by atoms with Gasteiger partial charge in [0.15, 0.2) is 13.6 Å². The number of hydrogen-bond acceptors (Lipinski definition) is 6. The first-order chi connectivity index (χ1) is 14.7. The lowest BCUT2D eigenvalue weighted by Gasteiger charge is -2.44. The lowest BCUT2D eigenvalue weighted by molar-refractivity contribution is 0.0486. The molecule has 2 atom stereocenters. The molecule has 2 unspecified atom stereocenters. The molecule has 0 bridgehead atoms. The van der Waals surface area contributed by atoms with Crippen LogP contribution in [0.5, 0.6) is 11.5 Å². The van der Waals surface area contributed by atoms with Crippen LogP contribution in [0.3, 0.4) is 0 Å². The second-order valence-electron chi connectivity index (χ2n) is 7.94. The third-order valence-electron chi connectivity index (χ3n) is 6.08. The summed E-state index contributed by atoms with van der Waals surface area (Å²) in [7, 11) is 3.27. The van der Waals surface area contributed by atoms with Gasteiger partial charge in [0, 0.05) is 19.8 Å². The monoisotopic (exact) mass is 414 g/mol. The minimum atomic E-state index is -0.209. The van der Waals surface area contributed by atoms with Crippen LogP contribution < -0.4 is 20.7 Å². The van der Waals surface area contributed by atoms with Gasteiger partial charge in [0.1, 0.15) is 11.5 Å². The van der Waals surface area contributed by atoms with Crippen LogP contribution in [0.25, 0.3) is 0 Å². The normalized spacial score (nSPS) is 21.4. The SMILES string of the molecule is COCOc1ccccc1CC1CCCCC1(Cc1ccccc1OCOC)NN. The van der Waals surface area contributed by atoms with Gasteiger partial charge in [0.2, 0.25) is 0 Å². The van der Waals surface area contributed by atoms with E-state index >= 15 is 0 Å². The molecule has 1 saturated carbocycles. The number of benzene rings is 2. The van der Waals surface area contributed by atoms with Crippen LogP contribution in [0.2, 0.25) is 0 Å². The fourth-order valence-electron chi connectivity index (χ4n) is 4.54. The van der Waals surface area contributed by atoms with Crippen molar-refractivity contribution in [1.29, 1.82) is 0 Å². The van der Waals surface area contributed by atoms with Crippen LogP contribution in [0.4, 0.5) is 0 Å². The van der Waals surface area contributed by atoms with Crippen molar-refractivity contribution in [3.63, 3.8) is 0 Å². The van der Waals surface area contributed by atoms with Crippen molar-refractivity contribution in [3.8, 4) is 11.5 Å². The largest absolute Gasteiger partial charge is 0.467 e. The summed E-state index contributed by atoms with van der Waals surface area (Å²) in [5.41, 5.74) is 5.35. The molecule has 30 heavy (non-hydrogen) atoms. The fraction of sp³-hybridized carbons (Fsp3) is 0.500. The van der Waals surface area contributed by atoms with Gasteiger partial charge < -0.3 is 18.9 Å². The Kier molecular flexibility index (Phi) is 8.51. The highest BCUT2D eigenvalue weighted by Gasteiger charge is 2.40. The number of nitrogens with two attached hydrogens (primary N) is 1. The maximum Gasteiger partial charge on any atom is 0.188 e. The number of rotatable bonds is 11. The first-order valence-corrected chi connectivity index (χ1v) is 10.6. The summed E-state index contributed by atoms with van der Waals surface area (Å²) >= 11 is 0. The third-order valence-corrected chi connectivity index (χ3v) is 6.08. The molecule has 0 aromatic heterocycles. The Bertz CT molecular complexity index is 785. The molecule has 164 valence electrons. The zero-order valence-corrected chi connectivity index (χ0v) is 18.1. The van der Waals surface area contributed by atoms with Crippen LogP contribution in [-0.2, 0) is 22.3 Å². The molecule has 3 rings (SSSR count). The topological polar surface area (TPSA) is 75.0 Å². The molecule has 0 heterocycles. The van der Waals surface area contributed by atoms with Crippen molar-refractivity contribution in [1.82, 2.24) is 5.43 Å². The van der Waals surface area contributed by atoms with E-state index in [1.165, 1.54) is 12.0 Å². The van der Waals surface area contributed by atoms with E-state index < -0.39 is 0 Å². The molecule has 1 aliphatic rings. The number of para-hydroxylation sites is 2. The minimum absolute atomic E-state index is 0.209. The quantitative estimate of drug-likeness (QED) is 0.331. The van der Waals surface area contributed by atoms with Crippen molar-refractivity contribution in [2.45, 2.75) is 44.1 Å². The van der Waals surface area contributed by atoms with Crippen molar-refractivity contribution >= 4 is 0 Å². The van der Waals surface area contributed by atoms with E-state index in [4.69, 9.17) is 24.8 Å². The van der Waals surface area contributed by atoms with E-state index in [1.807, 2.05) is 30.3 Å². The standard InChI is InChI=1S/C24H34N2O4/c1-27-17-29-22-12-5-3-9-19(22)15-21-11-7-8-14-24(21,26-25)16-20-10-4-6-13-23(20)30-18-28-2/h3-6,9-10,12-13,21,26H,7-8,11,14-18,25H2,1-2H3. The number of nitrogens with one attached hydrogen (secondary N) is 1. The molecule has 0 amide bonds. The number of methoxy groups -OCH3 is 2. The Morgan fingerprint density at radius 1 is 0.900 bits per heavy atom. The van der Waals surface area contributed by atoms with Crippen LogP contribution in [-0.4, -0.2) is 33.3 Å². The fourth-order valence-corrected chi connectivity index (χ4v) is 4.54. The summed E-state index contributed by atoms with van der Waals surface area (Å²) in [4.78, 5) is 0. The van der Waals surface area contributed by atoms with E-state index in [-0.39, 0.29) is 19.1 Å². The average Bonchev–Trinajstić information content (AvgIpc) is 2.79. The zero-order chi connectivity index (χ0) is 21.2. The van der Waals surface area contributed by atoms with Crippen molar-refractivity contribution < 1.29 is 18.9 Å². The highest BCUT2D eigenvalue weighted by atomic mass is 16.7. The lowest BCUT2D eigenvalue weighted by atomic mass is 9.67. The maximum atomic E-state index is 6.23. The van der Waals surface area contributed by atoms with Gasteiger partial charge in [-0.15, -0.1) is 0 Å². The van der Waals surface area contributed by atoms with Gasteiger partial charge in [-0.2, -0.15) is 0 Å². The molecule has 3 N–H and O–H groups in total. The summed E-state index contributed by atoms with van der Waals surface area (Å²) in [6.07, 6.45) is 6.19. The van der Waals surface area contributed by atoms with E-state index in [2.05, 4.69) is 23.6 Å². The summed E-state index contributed by atoms with van der Waals surface area (Å²) in [5, 5.41) is 0. The third kappa shape index (κ3) is 5.52. The maximum absolute atomic E-state index is 6.23. The van der Waals surface area contributed by atoms with Gasteiger partial charge in [0.05, 0.1) is 0 Å². The molecule has 1 aliphatic carbocycles. The number of hydrogen-bond donors (Lipinski definition) is 2. The van der Waals surface area contributed by atoms with E-state index in [0.717, 1.165) is 49.2 Å². The van der Waals surface area contributed by atoms with Gasteiger partial charge in [-0.05, 0) is 54.9 Å². The number of ether oxygens (including phenoxy) is 4. The van der Waals surface area contributed by atoms with Gasteiger partial charge in [-0.3, -0.25) is 11.3 Å². The second kappa shape index (κ2) is 11.3. The Balaban J connectivity index is 1.84. The van der Waals surface area contributed by atoms with Crippen molar-refractivity contribution in [2.75, 3.05) is 27.8 Å². The molecule has 6 heteroatoms. The molecule has 2 aromatic carbocycles. The van der Waals surface area contributed by atoms with Crippen LogP contribution >= 0.6 is 0 Å². The highest BCUT2D eigenvalue weighted by Crippen LogP contribution is 2.40. The van der Waals surface area contributed by atoms with Gasteiger partial charge in [-0.1, -0.05) is 49.2 Å². The minimum Gasteiger partial charge on any atom is -0.467 e. The average molecular weight is 415 g/mol. The van der Waals surface area contributed by atoms with Crippen LogP contribution in [0.1, 0.15) is 36.8 Å². The molecule has 6 nitrogen and oxygen atoms in total. The smallest absolute Gasteiger partial charge is 0.188 e. The van der Waals surface area contributed by atoms with Gasteiger partial charge >= 0.3 is 0 Å². The van der Waals surface area contributed by atoms with Crippen LogP contribution in [0.15, 0.2) is 48.5 Å². The predicted octanol–water partition coefficient (Wildman–Crippen LogP) is 3.83. The molecule has 2 aromatic rings.